The summed E-state index contributed by atoms with van der Waals surface area (Å²) in [6.07, 6.45) is 0. The van der Waals surface area contributed by atoms with Crippen molar-refractivity contribution in [3.8, 4) is 17.2 Å². The van der Waals surface area contributed by atoms with Crippen LogP contribution >= 0.6 is 11.6 Å². The number of anilines is 1. The second-order valence-electron chi connectivity index (χ2n) is 5.16. The van der Waals surface area contributed by atoms with Gasteiger partial charge < -0.3 is 14.5 Å². The summed E-state index contributed by atoms with van der Waals surface area (Å²) in [4.78, 5) is 0. The van der Waals surface area contributed by atoms with Crippen molar-refractivity contribution in [2.24, 2.45) is 0 Å². The Morgan fingerprint density at radius 3 is 2.72 bits per heavy atom. The van der Waals surface area contributed by atoms with Crippen molar-refractivity contribution in [3.05, 3.63) is 58.9 Å². The number of nitrogens with zero attached hydrogens (tertiary/aromatic N) is 2. The third-order valence-electron chi connectivity index (χ3n) is 3.44. The Labute approximate surface area is 147 Å². The van der Waals surface area contributed by atoms with Gasteiger partial charge in [-0.3, -0.25) is 0 Å². The van der Waals surface area contributed by atoms with Crippen LogP contribution in [0.2, 0.25) is 5.02 Å². The number of rotatable bonds is 6. The molecule has 1 aromatic heterocycles. The van der Waals surface area contributed by atoms with Gasteiger partial charge in [-0.2, -0.15) is 8.78 Å². The lowest BCUT2D eigenvalue weighted by Gasteiger charge is -2.13. The van der Waals surface area contributed by atoms with Crippen LogP contribution in [0.5, 0.6) is 5.75 Å². The summed E-state index contributed by atoms with van der Waals surface area (Å²) >= 11 is 6.10. The second-order valence-corrected chi connectivity index (χ2v) is 5.57. The molecule has 0 unspecified atom stereocenters. The number of alkyl halides is 2. The summed E-state index contributed by atoms with van der Waals surface area (Å²) in [6, 6.07) is 12.0. The summed E-state index contributed by atoms with van der Waals surface area (Å²) in [5, 5.41) is 11.4. The summed E-state index contributed by atoms with van der Waals surface area (Å²) in [5.74, 6) is 0.637. The molecule has 8 heteroatoms. The number of hydrogen-bond donors (Lipinski definition) is 1. The zero-order valence-corrected chi connectivity index (χ0v) is 13.9. The number of halogens is 3. The number of benzene rings is 2. The number of ether oxygens (including phenoxy) is 1. The van der Waals surface area contributed by atoms with Crippen LogP contribution in [0.15, 0.2) is 46.9 Å². The van der Waals surface area contributed by atoms with Crippen molar-refractivity contribution in [1.82, 2.24) is 10.2 Å². The largest absolute Gasteiger partial charge is 0.433 e. The molecule has 0 aliphatic carbocycles. The van der Waals surface area contributed by atoms with Gasteiger partial charge in [0.05, 0.1) is 22.8 Å². The van der Waals surface area contributed by atoms with Crippen molar-refractivity contribution in [2.75, 3.05) is 5.32 Å². The second kappa shape index (κ2) is 7.48. The summed E-state index contributed by atoms with van der Waals surface area (Å²) in [6.45, 7) is -0.969. The smallest absolute Gasteiger partial charge is 0.387 e. The third-order valence-corrected chi connectivity index (χ3v) is 3.77. The first-order chi connectivity index (χ1) is 12.0. The third kappa shape index (κ3) is 4.06. The molecule has 0 bridgehead atoms. The fraction of sp³-hybridized carbons (Fsp3) is 0.176. The average Bonchev–Trinajstić information content (AvgIpc) is 3.03. The minimum absolute atomic E-state index is 0.0563. The van der Waals surface area contributed by atoms with E-state index in [-0.39, 0.29) is 18.2 Å². The average molecular weight is 366 g/mol. The van der Waals surface area contributed by atoms with Crippen LogP contribution in [0.25, 0.3) is 11.5 Å². The predicted octanol–water partition coefficient (Wildman–Crippen LogP) is 4.91. The molecule has 0 atom stereocenters. The fourth-order valence-corrected chi connectivity index (χ4v) is 2.51. The SMILES string of the molecule is Cc1cccc(OC(F)F)c1NCc1nnc(-c2ccccc2Cl)o1. The zero-order chi connectivity index (χ0) is 17.8. The van der Waals surface area contributed by atoms with E-state index in [1.807, 2.05) is 6.07 Å². The molecule has 3 aromatic rings. The minimum Gasteiger partial charge on any atom is -0.433 e. The van der Waals surface area contributed by atoms with Crippen LogP contribution < -0.4 is 10.1 Å². The molecule has 130 valence electrons. The highest BCUT2D eigenvalue weighted by Crippen LogP contribution is 2.30. The zero-order valence-electron chi connectivity index (χ0n) is 13.2. The predicted molar refractivity (Wildman–Crippen MR) is 89.9 cm³/mol. The lowest BCUT2D eigenvalue weighted by atomic mass is 10.2. The molecule has 0 fully saturated rings. The van der Waals surface area contributed by atoms with Gasteiger partial charge in [-0.15, -0.1) is 10.2 Å². The van der Waals surface area contributed by atoms with Gasteiger partial charge in [-0.05, 0) is 30.7 Å². The van der Waals surface area contributed by atoms with E-state index in [9.17, 15) is 8.78 Å². The van der Waals surface area contributed by atoms with Gasteiger partial charge in [0.1, 0.15) is 5.75 Å². The summed E-state index contributed by atoms with van der Waals surface area (Å²) in [7, 11) is 0. The molecule has 1 heterocycles. The highest BCUT2D eigenvalue weighted by Gasteiger charge is 2.14. The van der Waals surface area contributed by atoms with E-state index in [2.05, 4.69) is 20.3 Å². The van der Waals surface area contributed by atoms with Crippen LogP contribution in [0.4, 0.5) is 14.5 Å². The Kier molecular flexibility index (Phi) is 5.14. The number of aryl methyl sites for hydroxylation is 1. The Morgan fingerprint density at radius 1 is 1.16 bits per heavy atom. The summed E-state index contributed by atoms with van der Waals surface area (Å²) < 4.78 is 35.1. The maximum atomic E-state index is 12.5. The van der Waals surface area contributed by atoms with Crippen molar-refractivity contribution in [3.63, 3.8) is 0 Å². The molecule has 0 spiro atoms. The molecule has 0 amide bonds. The van der Waals surface area contributed by atoms with Gasteiger partial charge in [-0.25, -0.2) is 0 Å². The van der Waals surface area contributed by atoms with Crippen LogP contribution in [0.1, 0.15) is 11.5 Å². The van der Waals surface area contributed by atoms with E-state index in [4.69, 9.17) is 16.0 Å². The van der Waals surface area contributed by atoms with Gasteiger partial charge in [-0.1, -0.05) is 35.9 Å². The molecule has 0 radical (unpaired) electrons. The standard InChI is InChI=1S/C17H14ClF2N3O2/c1-10-5-4-8-13(24-17(19)20)15(10)21-9-14-22-23-16(25-14)11-6-2-3-7-12(11)18/h2-8,17,21H,9H2,1H3. The fourth-order valence-electron chi connectivity index (χ4n) is 2.29. The van der Waals surface area contributed by atoms with E-state index in [0.717, 1.165) is 5.56 Å². The number of hydrogen-bond acceptors (Lipinski definition) is 5. The first-order valence-corrected chi connectivity index (χ1v) is 7.78. The number of para-hydroxylation sites is 1. The van der Waals surface area contributed by atoms with E-state index < -0.39 is 6.61 Å². The molecule has 1 N–H and O–H groups in total. The van der Waals surface area contributed by atoms with Crippen molar-refractivity contribution in [2.45, 2.75) is 20.1 Å². The lowest BCUT2D eigenvalue weighted by Crippen LogP contribution is -2.08. The molecule has 0 saturated carbocycles. The van der Waals surface area contributed by atoms with Crippen molar-refractivity contribution < 1.29 is 17.9 Å². The number of nitrogens with one attached hydrogen (secondary N) is 1. The molecular formula is C17H14ClF2N3O2. The first-order valence-electron chi connectivity index (χ1n) is 7.40. The molecule has 0 saturated heterocycles. The maximum Gasteiger partial charge on any atom is 0.387 e. The van der Waals surface area contributed by atoms with Crippen molar-refractivity contribution in [1.29, 1.82) is 0 Å². The van der Waals surface area contributed by atoms with Crippen LogP contribution in [0.3, 0.4) is 0 Å². The molecular weight excluding hydrogens is 352 g/mol. The Balaban J connectivity index is 1.76. The molecule has 3 rings (SSSR count). The van der Waals surface area contributed by atoms with Gasteiger partial charge in [0.25, 0.3) is 0 Å². The van der Waals surface area contributed by atoms with E-state index >= 15 is 0 Å². The first kappa shape index (κ1) is 17.2. The van der Waals surface area contributed by atoms with E-state index in [1.165, 1.54) is 6.07 Å². The highest BCUT2D eigenvalue weighted by atomic mass is 35.5. The lowest BCUT2D eigenvalue weighted by molar-refractivity contribution is -0.0493. The van der Waals surface area contributed by atoms with E-state index in [0.29, 0.717) is 22.2 Å². The maximum absolute atomic E-state index is 12.5. The van der Waals surface area contributed by atoms with Gasteiger partial charge in [0.15, 0.2) is 0 Å². The topological polar surface area (TPSA) is 60.2 Å². The normalized spacial score (nSPS) is 10.9. The monoisotopic (exact) mass is 365 g/mol. The quantitative estimate of drug-likeness (QED) is 0.672. The molecule has 0 aliphatic heterocycles. The minimum atomic E-state index is -2.91. The van der Waals surface area contributed by atoms with Gasteiger partial charge >= 0.3 is 6.61 Å². The summed E-state index contributed by atoms with van der Waals surface area (Å²) in [5.41, 5.74) is 1.82. The highest BCUT2D eigenvalue weighted by molar-refractivity contribution is 6.33. The van der Waals surface area contributed by atoms with Crippen LogP contribution in [0, 0.1) is 6.92 Å². The molecule has 2 aromatic carbocycles. The van der Waals surface area contributed by atoms with Crippen LogP contribution in [-0.2, 0) is 6.54 Å². The van der Waals surface area contributed by atoms with Crippen LogP contribution in [-0.4, -0.2) is 16.8 Å². The van der Waals surface area contributed by atoms with E-state index in [1.54, 1.807) is 37.3 Å². The Bertz CT molecular complexity index is 871. The molecule has 25 heavy (non-hydrogen) atoms. The van der Waals surface area contributed by atoms with Gasteiger partial charge in [0, 0.05) is 0 Å². The Morgan fingerprint density at radius 2 is 1.96 bits per heavy atom. The van der Waals surface area contributed by atoms with Gasteiger partial charge in [0.2, 0.25) is 11.8 Å². The number of aromatic nitrogens is 2. The van der Waals surface area contributed by atoms with Crippen molar-refractivity contribution >= 4 is 17.3 Å². The molecule has 0 aliphatic rings. The Hall–Kier alpha value is -2.67. The molecule has 5 nitrogen and oxygen atoms in total.